The van der Waals surface area contributed by atoms with Crippen molar-refractivity contribution in [2.24, 2.45) is 0 Å². The molecule has 4 aromatic rings. The number of aromatic nitrogens is 3. The molecule has 0 aliphatic carbocycles. The van der Waals surface area contributed by atoms with Crippen molar-refractivity contribution in [3.63, 3.8) is 0 Å². The molecule has 3 N–H and O–H groups in total. The summed E-state index contributed by atoms with van der Waals surface area (Å²) in [6, 6.07) is 9.17. The van der Waals surface area contributed by atoms with Crippen LogP contribution >= 0.6 is 0 Å². The number of pyridine rings is 1. The first-order valence-electron chi connectivity index (χ1n) is 9.24. The average Bonchev–Trinajstić information content (AvgIpc) is 2.72. The van der Waals surface area contributed by atoms with Crippen LogP contribution in [0.2, 0.25) is 0 Å². The molecule has 0 radical (unpaired) electrons. The van der Waals surface area contributed by atoms with Gasteiger partial charge in [-0.2, -0.15) is 5.26 Å². The molecule has 2 aromatic heterocycles. The SMILES string of the molecule is N#Cc1c(N)ncnc1NCCc1cnc2ccc(F)cc2c1-c1cc(F)cc(F)c1. The summed E-state index contributed by atoms with van der Waals surface area (Å²) in [7, 11) is 0. The normalized spacial score (nSPS) is 10.8. The Labute approximate surface area is 175 Å². The van der Waals surface area contributed by atoms with Gasteiger partial charge in [0.2, 0.25) is 0 Å². The molecule has 4 rings (SSSR count). The second kappa shape index (κ2) is 8.28. The highest BCUT2D eigenvalue weighted by atomic mass is 19.1. The zero-order chi connectivity index (χ0) is 22.0. The summed E-state index contributed by atoms with van der Waals surface area (Å²) in [5.74, 6) is -1.64. The Morgan fingerprint density at radius 2 is 1.74 bits per heavy atom. The maximum absolute atomic E-state index is 14.0. The van der Waals surface area contributed by atoms with Crippen LogP contribution in [0, 0.1) is 28.8 Å². The van der Waals surface area contributed by atoms with E-state index in [1.165, 1.54) is 36.7 Å². The highest BCUT2D eigenvalue weighted by Gasteiger charge is 2.15. The number of nitrogen functional groups attached to an aromatic ring is 1. The monoisotopic (exact) mass is 420 g/mol. The van der Waals surface area contributed by atoms with Gasteiger partial charge in [-0.05, 0) is 53.4 Å². The number of fused-ring (bicyclic) bond motifs is 1. The van der Waals surface area contributed by atoms with Gasteiger partial charge in [-0.1, -0.05) is 0 Å². The van der Waals surface area contributed by atoms with E-state index in [1.807, 2.05) is 6.07 Å². The number of nitrogens with zero attached hydrogens (tertiary/aromatic N) is 4. The number of anilines is 2. The second-order valence-corrected chi connectivity index (χ2v) is 6.75. The van der Waals surface area contributed by atoms with E-state index in [9.17, 15) is 18.4 Å². The quantitative estimate of drug-likeness (QED) is 0.502. The van der Waals surface area contributed by atoms with E-state index in [0.29, 0.717) is 35.0 Å². The Morgan fingerprint density at radius 1 is 0.968 bits per heavy atom. The summed E-state index contributed by atoms with van der Waals surface area (Å²) in [5.41, 5.74) is 7.69. The average molecular weight is 420 g/mol. The standard InChI is InChI=1S/C22H15F3N6/c23-14-1-2-19-17(8-14)20(13-5-15(24)7-16(25)6-13)12(10-29-19)3-4-28-22-18(9-26)21(27)30-11-31-22/h1-2,5-8,10-11H,3-4H2,(H3,27,28,30,31). The van der Waals surface area contributed by atoms with Crippen molar-refractivity contribution in [1.82, 2.24) is 15.0 Å². The third-order valence-electron chi connectivity index (χ3n) is 4.73. The van der Waals surface area contributed by atoms with Gasteiger partial charge in [0, 0.05) is 24.2 Å². The molecule has 0 atom stereocenters. The van der Waals surface area contributed by atoms with E-state index in [1.54, 1.807) is 6.20 Å². The molecule has 0 aliphatic rings. The van der Waals surface area contributed by atoms with E-state index in [2.05, 4.69) is 20.3 Å². The number of hydrogen-bond acceptors (Lipinski definition) is 6. The van der Waals surface area contributed by atoms with Crippen molar-refractivity contribution in [1.29, 1.82) is 5.26 Å². The Morgan fingerprint density at radius 3 is 2.48 bits per heavy atom. The minimum Gasteiger partial charge on any atom is -0.382 e. The highest BCUT2D eigenvalue weighted by molar-refractivity contribution is 5.96. The van der Waals surface area contributed by atoms with Gasteiger partial charge in [0.15, 0.2) is 0 Å². The van der Waals surface area contributed by atoms with Gasteiger partial charge in [-0.15, -0.1) is 0 Å². The number of rotatable bonds is 5. The number of hydrogen-bond donors (Lipinski definition) is 2. The summed E-state index contributed by atoms with van der Waals surface area (Å²) in [6.07, 6.45) is 3.17. The summed E-state index contributed by atoms with van der Waals surface area (Å²) in [4.78, 5) is 12.1. The zero-order valence-electron chi connectivity index (χ0n) is 16.0. The van der Waals surface area contributed by atoms with E-state index in [0.717, 1.165) is 6.07 Å². The first-order chi connectivity index (χ1) is 15.0. The highest BCUT2D eigenvalue weighted by Crippen LogP contribution is 2.33. The lowest BCUT2D eigenvalue weighted by atomic mass is 9.94. The van der Waals surface area contributed by atoms with Gasteiger partial charge in [-0.3, -0.25) is 4.98 Å². The van der Waals surface area contributed by atoms with Crippen LogP contribution in [-0.2, 0) is 6.42 Å². The third kappa shape index (κ3) is 4.09. The molecule has 0 spiro atoms. The minimum absolute atomic E-state index is 0.0544. The molecular formula is C22H15F3N6. The third-order valence-corrected chi connectivity index (χ3v) is 4.73. The molecule has 9 heteroatoms. The van der Waals surface area contributed by atoms with Crippen LogP contribution in [0.15, 0.2) is 48.9 Å². The first kappa shape index (κ1) is 20.1. The van der Waals surface area contributed by atoms with Gasteiger partial charge < -0.3 is 11.1 Å². The molecule has 0 amide bonds. The van der Waals surface area contributed by atoms with E-state index >= 15 is 0 Å². The Balaban J connectivity index is 1.74. The van der Waals surface area contributed by atoms with Crippen LogP contribution < -0.4 is 11.1 Å². The van der Waals surface area contributed by atoms with Crippen molar-refractivity contribution in [3.8, 4) is 17.2 Å². The number of nitrogens with one attached hydrogen (secondary N) is 1. The fraction of sp³-hybridized carbons (Fsp3) is 0.0909. The fourth-order valence-corrected chi connectivity index (χ4v) is 3.39. The molecule has 0 bridgehead atoms. The van der Waals surface area contributed by atoms with Crippen LogP contribution in [0.1, 0.15) is 11.1 Å². The minimum atomic E-state index is -0.740. The maximum atomic E-state index is 14.0. The van der Waals surface area contributed by atoms with Crippen molar-refractivity contribution in [2.45, 2.75) is 6.42 Å². The fourth-order valence-electron chi connectivity index (χ4n) is 3.39. The Hall–Kier alpha value is -4.19. The smallest absolute Gasteiger partial charge is 0.149 e. The molecular weight excluding hydrogens is 405 g/mol. The lowest BCUT2D eigenvalue weighted by molar-refractivity contribution is 0.584. The van der Waals surface area contributed by atoms with Crippen molar-refractivity contribution < 1.29 is 13.2 Å². The lowest BCUT2D eigenvalue weighted by Crippen LogP contribution is -2.10. The van der Waals surface area contributed by atoms with Crippen LogP contribution in [-0.4, -0.2) is 21.5 Å². The molecule has 6 nitrogen and oxygen atoms in total. The van der Waals surface area contributed by atoms with Crippen molar-refractivity contribution in [2.75, 3.05) is 17.6 Å². The number of nitrogens with two attached hydrogens (primary N) is 1. The number of halogens is 3. The molecule has 2 heterocycles. The largest absolute Gasteiger partial charge is 0.382 e. The van der Waals surface area contributed by atoms with Gasteiger partial charge in [0.05, 0.1) is 5.52 Å². The molecule has 0 saturated carbocycles. The molecule has 0 saturated heterocycles. The molecule has 154 valence electrons. The molecule has 31 heavy (non-hydrogen) atoms. The molecule has 0 aliphatic heterocycles. The first-order valence-corrected chi connectivity index (χ1v) is 9.24. The van der Waals surface area contributed by atoms with Crippen LogP contribution in [0.3, 0.4) is 0 Å². The van der Waals surface area contributed by atoms with Crippen LogP contribution in [0.25, 0.3) is 22.0 Å². The van der Waals surface area contributed by atoms with E-state index < -0.39 is 17.5 Å². The second-order valence-electron chi connectivity index (χ2n) is 6.75. The predicted molar refractivity (Wildman–Crippen MR) is 110 cm³/mol. The summed E-state index contributed by atoms with van der Waals surface area (Å²) < 4.78 is 41.8. The van der Waals surface area contributed by atoms with Gasteiger partial charge in [0.1, 0.15) is 47.0 Å². The van der Waals surface area contributed by atoms with Crippen molar-refractivity contribution in [3.05, 3.63) is 77.5 Å². The summed E-state index contributed by atoms with van der Waals surface area (Å²) >= 11 is 0. The zero-order valence-corrected chi connectivity index (χ0v) is 16.0. The van der Waals surface area contributed by atoms with E-state index in [-0.39, 0.29) is 22.8 Å². The number of benzene rings is 2. The van der Waals surface area contributed by atoms with Gasteiger partial charge in [0.25, 0.3) is 0 Å². The predicted octanol–water partition coefficient (Wildman–Crippen LogP) is 4.22. The Kier molecular flexibility index (Phi) is 5.37. The van der Waals surface area contributed by atoms with Gasteiger partial charge in [-0.25, -0.2) is 23.1 Å². The van der Waals surface area contributed by atoms with Crippen LogP contribution in [0.5, 0.6) is 0 Å². The molecule has 0 fully saturated rings. The summed E-state index contributed by atoms with van der Waals surface area (Å²) in [5, 5.41) is 12.7. The maximum Gasteiger partial charge on any atom is 0.149 e. The topological polar surface area (TPSA) is 101 Å². The lowest BCUT2D eigenvalue weighted by Gasteiger charge is -2.14. The Bertz CT molecular complexity index is 1310. The number of nitriles is 1. The van der Waals surface area contributed by atoms with Gasteiger partial charge >= 0.3 is 0 Å². The molecule has 2 aromatic carbocycles. The van der Waals surface area contributed by atoms with Crippen LogP contribution in [0.4, 0.5) is 24.8 Å². The summed E-state index contributed by atoms with van der Waals surface area (Å²) in [6.45, 7) is 0.304. The van der Waals surface area contributed by atoms with Crippen molar-refractivity contribution >= 4 is 22.5 Å². The molecule has 0 unspecified atom stereocenters. The van der Waals surface area contributed by atoms with E-state index in [4.69, 9.17) is 5.73 Å².